The molecule has 0 bridgehead atoms. The van der Waals surface area contributed by atoms with Crippen LogP contribution in [0, 0.1) is 0 Å². The molecular formula is C18H19NO5S2. The molecule has 26 heavy (non-hydrogen) atoms. The fourth-order valence-electron chi connectivity index (χ4n) is 2.77. The van der Waals surface area contributed by atoms with Crippen molar-refractivity contribution in [1.82, 2.24) is 4.31 Å². The van der Waals surface area contributed by atoms with E-state index in [9.17, 15) is 16.8 Å². The molecule has 0 unspecified atom stereocenters. The maximum Gasteiger partial charge on any atom is 0.243 e. The van der Waals surface area contributed by atoms with Crippen molar-refractivity contribution < 1.29 is 21.6 Å². The number of hydrogen-bond acceptors (Lipinski definition) is 5. The van der Waals surface area contributed by atoms with Gasteiger partial charge in [0, 0.05) is 12.0 Å². The second-order valence-corrected chi connectivity index (χ2v) is 9.76. The van der Waals surface area contributed by atoms with Gasteiger partial charge in [0.2, 0.25) is 10.0 Å². The molecule has 1 heterocycles. The smallest absolute Gasteiger partial charge is 0.243 e. The third-order valence-corrected chi connectivity index (χ3v) is 7.39. The van der Waals surface area contributed by atoms with Crippen LogP contribution < -0.4 is 4.74 Å². The van der Waals surface area contributed by atoms with Crippen molar-refractivity contribution in [3.05, 3.63) is 71.6 Å². The molecule has 0 N–H and O–H groups in total. The highest BCUT2D eigenvalue weighted by atomic mass is 32.2. The van der Waals surface area contributed by atoms with Crippen LogP contribution in [0.15, 0.2) is 71.0 Å². The van der Waals surface area contributed by atoms with Crippen LogP contribution in [0.4, 0.5) is 0 Å². The standard InChI is InChI=1S/C18H19NO5S2/c1-24-17-7-9-18(10-8-17)26(22,23)19(13-15-5-3-2-4-6-15)16-11-12-25(20,21)14-16/h2-12,16H,13-14H2,1H3/t16-/m0/s1. The van der Waals surface area contributed by atoms with Gasteiger partial charge in [0.05, 0.1) is 23.8 Å². The molecule has 0 spiro atoms. The van der Waals surface area contributed by atoms with Crippen molar-refractivity contribution in [1.29, 1.82) is 0 Å². The molecule has 0 saturated heterocycles. The maximum atomic E-state index is 13.2. The molecule has 8 heteroatoms. The van der Waals surface area contributed by atoms with E-state index in [0.29, 0.717) is 5.75 Å². The van der Waals surface area contributed by atoms with Crippen molar-refractivity contribution >= 4 is 19.9 Å². The summed E-state index contributed by atoms with van der Waals surface area (Å²) in [7, 11) is -5.79. The summed E-state index contributed by atoms with van der Waals surface area (Å²) in [6.45, 7) is 0.0831. The van der Waals surface area contributed by atoms with Gasteiger partial charge in [0.1, 0.15) is 5.75 Å². The molecular weight excluding hydrogens is 374 g/mol. The molecule has 0 aliphatic carbocycles. The largest absolute Gasteiger partial charge is 0.497 e. The van der Waals surface area contributed by atoms with Gasteiger partial charge < -0.3 is 4.74 Å². The van der Waals surface area contributed by atoms with E-state index in [2.05, 4.69) is 0 Å². The van der Waals surface area contributed by atoms with Crippen LogP contribution in [0.5, 0.6) is 5.75 Å². The third-order valence-electron chi connectivity index (χ3n) is 4.13. The molecule has 6 nitrogen and oxygen atoms in total. The quantitative estimate of drug-likeness (QED) is 0.752. The van der Waals surface area contributed by atoms with Crippen molar-refractivity contribution in [2.45, 2.75) is 17.5 Å². The second-order valence-electron chi connectivity index (χ2n) is 5.94. The lowest BCUT2D eigenvalue weighted by Crippen LogP contribution is -2.40. The minimum absolute atomic E-state index is 0.0831. The van der Waals surface area contributed by atoms with Crippen molar-refractivity contribution in [3.8, 4) is 5.75 Å². The number of rotatable bonds is 6. The zero-order valence-corrected chi connectivity index (χ0v) is 15.8. The summed E-state index contributed by atoms with van der Waals surface area (Å²) in [5.74, 6) is 0.289. The van der Waals surface area contributed by atoms with Crippen molar-refractivity contribution in [3.63, 3.8) is 0 Å². The molecule has 1 atom stereocenters. The molecule has 1 aliphatic rings. The van der Waals surface area contributed by atoms with Crippen molar-refractivity contribution in [2.24, 2.45) is 0 Å². The Hall–Kier alpha value is -2.16. The zero-order valence-electron chi connectivity index (χ0n) is 14.1. The first kappa shape index (κ1) is 18.6. The molecule has 2 aromatic carbocycles. The Bertz CT molecular complexity index is 997. The first-order chi connectivity index (χ1) is 12.3. The van der Waals surface area contributed by atoms with Crippen LogP contribution in [-0.4, -0.2) is 40.0 Å². The van der Waals surface area contributed by atoms with Gasteiger partial charge in [0.25, 0.3) is 0 Å². The summed E-state index contributed by atoms with van der Waals surface area (Å²) < 4.78 is 56.3. The third kappa shape index (κ3) is 3.98. The molecule has 0 saturated carbocycles. The van der Waals surface area contributed by atoms with E-state index in [1.54, 1.807) is 12.1 Å². The Morgan fingerprint density at radius 2 is 1.73 bits per heavy atom. The normalized spacial score (nSPS) is 18.9. The Balaban J connectivity index is 1.99. The predicted molar refractivity (Wildman–Crippen MR) is 98.9 cm³/mol. The van der Waals surface area contributed by atoms with E-state index in [-0.39, 0.29) is 17.2 Å². The summed E-state index contributed by atoms with van der Waals surface area (Å²) in [4.78, 5) is 0.0897. The lowest BCUT2D eigenvalue weighted by molar-refractivity contribution is 0.375. The molecule has 138 valence electrons. The SMILES string of the molecule is COc1ccc(S(=O)(=O)N(Cc2ccccc2)[C@H]2C=CS(=O)(=O)C2)cc1. The fourth-order valence-corrected chi connectivity index (χ4v) is 5.73. The van der Waals surface area contributed by atoms with E-state index in [1.165, 1.54) is 29.6 Å². The zero-order chi connectivity index (χ0) is 18.8. The van der Waals surface area contributed by atoms with Gasteiger partial charge in [-0.25, -0.2) is 16.8 Å². The first-order valence-corrected chi connectivity index (χ1v) is 11.1. The fraction of sp³-hybridized carbons (Fsp3) is 0.222. The van der Waals surface area contributed by atoms with Gasteiger partial charge >= 0.3 is 0 Å². The van der Waals surface area contributed by atoms with E-state index in [1.807, 2.05) is 30.3 Å². The molecule has 3 rings (SSSR count). The van der Waals surface area contributed by atoms with Crippen LogP contribution in [0.25, 0.3) is 0 Å². The van der Waals surface area contributed by atoms with Gasteiger partial charge in [-0.3, -0.25) is 0 Å². The number of sulfonamides is 1. The van der Waals surface area contributed by atoms with Crippen LogP contribution in [-0.2, 0) is 26.4 Å². The number of benzene rings is 2. The number of sulfone groups is 1. The predicted octanol–water partition coefficient (Wildman–Crippen LogP) is 2.20. The number of hydrogen-bond donors (Lipinski definition) is 0. The lowest BCUT2D eigenvalue weighted by Gasteiger charge is -2.27. The molecule has 2 aromatic rings. The summed E-state index contributed by atoms with van der Waals surface area (Å²) in [5, 5.41) is 1.08. The van der Waals surface area contributed by atoms with Crippen LogP contribution >= 0.6 is 0 Å². The molecule has 0 radical (unpaired) electrons. The Labute approximate surface area is 153 Å². The second kappa shape index (κ2) is 7.22. The van der Waals surface area contributed by atoms with Crippen molar-refractivity contribution in [2.75, 3.05) is 12.9 Å². The lowest BCUT2D eigenvalue weighted by atomic mass is 10.2. The first-order valence-electron chi connectivity index (χ1n) is 7.93. The van der Waals surface area contributed by atoms with Gasteiger partial charge in [-0.15, -0.1) is 0 Å². The number of methoxy groups -OCH3 is 1. The highest BCUT2D eigenvalue weighted by Gasteiger charge is 2.35. The number of ether oxygens (including phenoxy) is 1. The minimum Gasteiger partial charge on any atom is -0.497 e. The van der Waals surface area contributed by atoms with Crippen LogP contribution in [0.3, 0.4) is 0 Å². The van der Waals surface area contributed by atoms with E-state index >= 15 is 0 Å². The highest BCUT2D eigenvalue weighted by molar-refractivity contribution is 7.94. The molecule has 0 amide bonds. The number of nitrogens with zero attached hydrogens (tertiary/aromatic N) is 1. The molecule has 0 aromatic heterocycles. The summed E-state index contributed by atoms with van der Waals surface area (Å²) in [6.07, 6.45) is 1.43. The molecule has 1 aliphatic heterocycles. The monoisotopic (exact) mass is 393 g/mol. The van der Waals surface area contributed by atoms with Gasteiger partial charge in [-0.2, -0.15) is 4.31 Å². The topological polar surface area (TPSA) is 80.8 Å². The maximum absolute atomic E-state index is 13.2. The molecule has 0 fully saturated rings. The van der Waals surface area contributed by atoms with E-state index in [0.717, 1.165) is 11.0 Å². The average molecular weight is 393 g/mol. The summed E-state index contributed by atoms with van der Waals surface area (Å²) in [6, 6.07) is 14.4. The van der Waals surface area contributed by atoms with Gasteiger partial charge in [-0.05, 0) is 29.8 Å². The minimum atomic E-state index is -3.90. The van der Waals surface area contributed by atoms with Crippen LogP contribution in [0.1, 0.15) is 5.56 Å². The van der Waals surface area contributed by atoms with E-state index < -0.39 is 25.9 Å². The average Bonchev–Trinajstić information content (AvgIpc) is 3.00. The Kier molecular flexibility index (Phi) is 5.17. The van der Waals surface area contributed by atoms with Crippen LogP contribution in [0.2, 0.25) is 0 Å². The van der Waals surface area contributed by atoms with Gasteiger partial charge in [0.15, 0.2) is 9.84 Å². The Morgan fingerprint density at radius 1 is 1.08 bits per heavy atom. The highest BCUT2D eigenvalue weighted by Crippen LogP contribution is 2.26. The summed E-state index contributed by atoms with van der Waals surface area (Å²) >= 11 is 0. The Morgan fingerprint density at radius 3 is 2.27 bits per heavy atom. The van der Waals surface area contributed by atoms with E-state index in [4.69, 9.17) is 4.74 Å². The summed E-state index contributed by atoms with van der Waals surface area (Å²) in [5.41, 5.74) is 0.780. The van der Waals surface area contributed by atoms with Gasteiger partial charge in [-0.1, -0.05) is 36.4 Å².